The minimum Gasteiger partial charge on any atom is -0.289 e. The summed E-state index contributed by atoms with van der Waals surface area (Å²) in [5.74, 6) is 6.09. The fourth-order valence-electron chi connectivity index (χ4n) is 1.70. The van der Waals surface area contributed by atoms with Crippen LogP contribution >= 0.6 is 0 Å². The molecule has 0 atom stereocenters. The highest BCUT2D eigenvalue weighted by atomic mass is 16.1. The molecule has 0 aromatic heterocycles. The van der Waals surface area contributed by atoms with Gasteiger partial charge in [0.2, 0.25) is 0 Å². The van der Waals surface area contributed by atoms with Crippen molar-refractivity contribution in [1.29, 1.82) is 0 Å². The molecule has 0 aliphatic carbocycles. The van der Waals surface area contributed by atoms with Gasteiger partial charge in [0.25, 0.3) is 0 Å². The normalized spacial score (nSPS) is 10.2. The quantitative estimate of drug-likeness (QED) is 0.514. The highest BCUT2D eigenvalue weighted by Crippen LogP contribution is 2.18. The zero-order valence-electron chi connectivity index (χ0n) is 8.53. The first-order valence-electron chi connectivity index (χ1n) is 5.11. The fraction of sp³-hybridized carbons (Fsp3) is 0. The smallest absolute Gasteiger partial charge is 0.195 e. The van der Waals surface area contributed by atoms with Crippen LogP contribution in [0, 0.1) is 11.8 Å². The molecule has 0 unspecified atom stereocenters. The fourth-order valence-corrected chi connectivity index (χ4v) is 1.70. The third-order valence-corrected chi connectivity index (χ3v) is 2.59. The van der Waals surface area contributed by atoms with E-state index in [-0.39, 0.29) is 5.43 Å². The van der Waals surface area contributed by atoms with Crippen LogP contribution < -0.4 is 5.43 Å². The van der Waals surface area contributed by atoms with Crippen molar-refractivity contribution in [3.63, 3.8) is 0 Å². The van der Waals surface area contributed by atoms with Crippen molar-refractivity contribution in [2.24, 2.45) is 0 Å². The molecular weight excluding hydrogens is 196 g/mol. The summed E-state index contributed by atoms with van der Waals surface area (Å²) < 4.78 is 0. The summed E-state index contributed by atoms with van der Waals surface area (Å²) in [6, 6.07) is 15.4. The van der Waals surface area contributed by atoms with E-state index in [1.165, 1.54) is 0 Å². The molecule has 0 amide bonds. The Morgan fingerprint density at radius 2 is 1.62 bits per heavy atom. The van der Waals surface area contributed by atoms with E-state index in [2.05, 4.69) is 11.8 Å². The number of hydrogen-bond donors (Lipinski definition) is 0. The first kappa shape index (κ1) is 8.94. The van der Waals surface area contributed by atoms with Crippen molar-refractivity contribution in [3.8, 4) is 11.8 Å². The summed E-state index contributed by atoms with van der Waals surface area (Å²) in [6.07, 6.45) is 0. The summed E-state index contributed by atoms with van der Waals surface area (Å²) >= 11 is 0. The largest absolute Gasteiger partial charge is 0.289 e. The van der Waals surface area contributed by atoms with Gasteiger partial charge in [-0.15, -0.1) is 0 Å². The summed E-state index contributed by atoms with van der Waals surface area (Å²) in [4.78, 5) is 11.3. The molecular formula is C15H8O. The molecule has 0 heterocycles. The molecule has 3 rings (SSSR count). The third kappa shape index (κ3) is 1.41. The first-order valence-corrected chi connectivity index (χ1v) is 5.11. The number of benzene rings is 2. The second-order valence-electron chi connectivity index (χ2n) is 3.67. The maximum atomic E-state index is 11.3. The van der Waals surface area contributed by atoms with Crippen LogP contribution in [0.1, 0.15) is 11.1 Å². The lowest BCUT2D eigenvalue weighted by Crippen LogP contribution is -1.75. The predicted molar refractivity (Wildman–Crippen MR) is 65.0 cm³/mol. The number of rotatable bonds is 0. The van der Waals surface area contributed by atoms with Gasteiger partial charge in [0, 0.05) is 21.9 Å². The van der Waals surface area contributed by atoms with Crippen LogP contribution in [0.2, 0.25) is 0 Å². The second kappa shape index (κ2) is 3.36. The Labute approximate surface area is 93.0 Å². The maximum absolute atomic E-state index is 11.3. The lowest BCUT2D eigenvalue weighted by atomic mass is 10.2. The molecule has 0 saturated carbocycles. The molecule has 0 fully saturated rings. The maximum Gasteiger partial charge on any atom is 0.195 e. The molecule has 0 spiro atoms. The van der Waals surface area contributed by atoms with Crippen LogP contribution in [0.3, 0.4) is 0 Å². The summed E-state index contributed by atoms with van der Waals surface area (Å²) in [5.41, 5.74) is 1.95. The Morgan fingerprint density at radius 3 is 2.44 bits per heavy atom. The second-order valence-corrected chi connectivity index (χ2v) is 3.67. The van der Waals surface area contributed by atoms with E-state index in [0.29, 0.717) is 0 Å². The van der Waals surface area contributed by atoms with E-state index in [9.17, 15) is 4.79 Å². The van der Waals surface area contributed by atoms with Crippen LogP contribution in [0.25, 0.3) is 10.8 Å². The molecule has 0 aliphatic rings. The van der Waals surface area contributed by atoms with E-state index in [1.54, 1.807) is 0 Å². The monoisotopic (exact) mass is 204 g/mol. The lowest BCUT2D eigenvalue weighted by molar-refractivity contribution is 1.65. The van der Waals surface area contributed by atoms with Crippen LogP contribution in [0.4, 0.5) is 0 Å². The van der Waals surface area contributed by atoms with Gasteiger partial charge in [-0.25, -0.2) is 0 Å². The first-order chi connectivity index (χ1) is 7.86. The Balaban J connectivity index is 2.03. The molecule has 74 valence electrons. The molecule has 3 aromatic carbocycles. The Morgan fingerprint density at radius 1 is 0.812 bits per heavy atom. The van der Waals surface area contributed by atoms with Crippen LogP contribution in [0.15, 0.2) is 53.3 Å². The Hall–Kier alpha value is -2.33. The molecule has 0 bridgehead atoms. The number of fused-ring (bicyclic) bond motifs is 1. The van der Waals surface area contributed by atoms with Gasteiger partial charge in [-0.1, -0.05) is 42.2 Å². The molecule has 16 heavy (non-hydrogen) atoms. The van der Waals surface area contributed by atoms with E-state index < -0.39 is 0 Å². The van der Waals surface area contributed by atoms with Crippen molar-refractivity contribution < 1.29 is 0 Å². The molecule has 1 nitrogen and oxygen atoms in total. The zero-order valence-corrected chi connectivity index (χ0v) is 8.53. The highest BCUT2D eigenvalue weighted by Gasteiger charge is 2.14. The topological polar surface area (TPSA) is 17.1 Å². The average Bonchev–Trinajstić information content (AvgIpc) is 3.00. The minimum absolute atomic E-state index is 0.141. The van der Waals surface area contributed by atoms with Gasteiger partial charge in [0.05, 0.1) is 0 Å². The summed E-state index contributed by atoms with van der Waals surface area (Å²) in [6.45, 7) is 0. The molecule has 0 saturated heterocycles. The van der Waals surface area contributed by atoms with Gasteiger partial charge in [-0.05, 0) is 18.2 Å². The molecule has 0 aliphatic heterocycles. The van der Waals surface area contributed by atoms with Crippen LogP contribution in [0.5, 0.6) is 0 Å². The van der Waals surface area contributed by atoms with Crippen LogP contribution in [-0.4, -0.2) is 0 Å². The molecule has 1 heteroatoms. The summed E-state index contributed by atoms with van der Waals surface area (Å²) in [7, 11) is 0. The van der Waals surface area contributed by atoms with Gasteiger partial charge in [0.1, 0.15) is 0 Å². The Kier molecular flexibility index (Phi) is 1.88. The SMILES string of the molecule is O=c1c2cccc(C#Cc3ccccc3)c12. The van der Waals surface area contributed by atoms with Crippen molar-refractivity contribution >= 4 is 10.8 Å². The zero-order chi connectivity index (χ0) is 11.0. The van der Waals surface area contributed by atoms with E-state index in [0.717, 1.165) is 21.9 Å². The van der Waals surface area contributed by atoms with Gasteiger partial charge < -0.3 is 0 Å². The van der Waals surface area contributed by atoms with Gasteiger partial charge in [0.15, 0.2) is 5.43 Å². The summed E-state index contributed by atoms with van der Waals surface area (Å²) in [5, 5.41) is 1.62. The minimum atomic E-state index is 0.141. The third-order valence-electron chi connectivity index (χ3n) is 2.59. The standard InChI is InChI=1S/C15H8O/c16-15-13-8-4-7-12(14(13)15)10-9-11-5-2-1-3-6-11/h1-8H. The van der Waals surface area contributed by atoms with Gasteiger partial charge in [-0.3, -0.25) is 4.79 Å². The predicted octanol–water partition coefficient (Wildman–Crippen LogP) is 2.48. The van der Waals surface area contributed by atoms with Crippen molar-refractivity contribution in [2.45, 2.75) is 0 Å². The molecule has 3 aromatic rings. The van der Waals surface area contributed by atoms with Gasteiger partial charge >= 0.3 is 0 Å². The van der Waals surface area contributed by atoms with Crippen molar-refractivity contribution in [3.05, 3.63) is 69.9 Å². The van der Waals surface area contributed by atoms with E-state index in [1.807, 2.05) is 48.5 Å². The highest BCUT2D eigenvalue weighted by molar-refractivity contribution is 6.01. The van der Waals surface area contributed by atoms with E-state index >= 15 is 0 Å². The van der Waals surface area contributed by atoms with Crippen LogP contribution in [-0.2, 0) is 0 Å². The average molecular weight is 204 g/mol. The number of hydrogen-bond acceptors (Lipinski definition) is 1. The molecule has 0 radical (unpaired) electrons. The Bertz CT molecular complexity index is 717. The lowest BCUT2D eigenvalue weighted by Gasteiger charge is -1.87. The van der Waals surface area contributed by atoms with Crippen molar-refractivity contribution in [1.82, 2.24) is 0 Å². The van der Waals surface area contributed by atoms with E-state index in [4.69, 9.17) is 0 Å². The van der Waals surface area contributed by atoms with Gasteiger partial charge in [-0.2, -0.15) is 0 Å². The molecule has 0 N–H and O–H groups in total. The van der Waals surface area contributed by atoms with Crippen molar-refractivity contribution in [2.75, 3.05) is 0 Å².